The number of nitrogens with zero attached hydrogens (tertiary/aromatic N) is 1. The number of hydrogen-bond acceptors (Lipinski definition) is 4. The van der Waals surface area contributed by atoms with Crippen molar-refractivity contribution >= 4 is 21.7 Å². The van der Waals surface area contributed by atoms with Crippen LogP contribution in [-0.2, 0) is 10.0 Å². The minimum absolute atomic E-state index is 0.0707. The van der Waals surface area contributed by atoms with Gasteiger partial charge in [-0.2, -0.15) is 0 Å². The van der Waals surface area contributed by atoms with Gasteiger partial charge in [0.15, 0.2) is 0 Å². The average Bonchev–Trinajstić information content (AvgIpc) is 2.01. The van der Waals surface area contributed by atoms with Gasteiger partial charge in [-0.05, 0) is 6.07 Å². The first-order valence-electron chi connectivity index (χ1n) is 3.54. The summed E-state index contributed by atoms with van der Waals surface area (Å²) >= 11 is 0. The molecule has 0 saturated heterocycles. The van der Waals surface area contributed by atoms with Gasteiger partial charge < -0.3 is 5.11 Å². The fourth-order valence-electron chi connectivity index (χ4n) is 0.827. The van der Waals surface area contributed by atoms with Gasteiger partial charge >= 0.3 is 5.97 Å². The molecule has 1 aromatic heterocycles. The minimum atomic E-state index is -3.40. The lowest BCUT2D eigenvalue weighted by Gasteiger charge is -2.02. The summed E-state index contributed by atoms with van der Waals surface area (Å²) in [6.45, 7) is 0. The Hall–Kier alpha value is -1.63. The number of carboxylic acid groups (broad SMARTS) is 1. The standard InChI is InChI=1S/C7H8N2O4S/c1-14(12,13)9-6-2-5(7(10)11)3-8-4-6/h2-4,9H,1H3,(H,10,11). The van der Waals surface area contributed by atoms with Crippen LogP contribution in [0.3, 0.4) is 0 Å². The molecule has 1 aromatic rings. The molecule has 2 N–H and O–H groups in total. The zero-order valence-electron chi connectivity index (χ0n) is 7.26. The van der Waals surface area contributed by atoms with E-state index in [0.29, 0.717) is 0 Å². The van der Waals surface area contributed by atoms with Gasteiger partial charge in [0.25, 0.3) is 0 Å². The molecule has 0 bridgehead atoms. The first-order valence-corrected chi connectivity index (χ1v) is 5.44. The summed E-state index contributed by atoms with van der Waals surface area (Å²) in [4.78, 5) is 14.1. The minimum Gasteiger partial charge on any atom is -0.478 e. The SMILES string of the molecule is CS(=O)(=O)Nc1cncc(C(=O)O)c1. The number of sulfonamides is 1. The van der Waals surface area contributed by atoms with Crippen molar-refractivity contribution in [3.8, 4) is 0 Å². The van der Waals surface area contributed by atoms with E-state index in [1.165, 1.54) is 12.3 Å². The molecule has 0 spiro atoms. The van der Waals surface area contributed by atoms with E-state index in [0.717, 1.165) is 12.5 Å². The van der Waals surface area contributed by atoms with Gasteiger partial charge in [-0.1, -0.05) is 0 Å². The fourth-order valence-corrected chi connectivity index (χ4v) is 1.37. The van der Waals surface area contributed by atoms with Gasteiger partial charge in [0.1, 0.15) is 0 Å². The molecule has 0 unspecified atom stereocenters. The Morgan fingerprint density at radius 2 is 2.14 bits per heavy atom. The van der Waals surface area contributed by atoms with Crippen molar-refractivity contribution in [1.29, 1.82) is 0 Å². The first-order chi connectivity index (χ1) is 6.38. The number of carbonyl (C=O) groups is 1. The third-order valence-electron chi connectivity index (χ3n) is 1.29. The molecule has 1 rings (SSSR count). The molecular formula is C7H8N2O4S. The van der Waals surface area contributed by atoms with Crippen LogP contribution in [0.1, 0.15) is 10.4 Å². The Labute approximate surface area is 80.6 Å². The van der Waals surface area contributed by atoms with Crippen LogP contribution >= 0.6 is 0 Å². The quantitative estimate of drug-likeness (QED) is 0.749. The second-order valence-electron chi connectivity index (χ2n) is 2.64. The van der Waals surface area contributed by atoms with Gasteiger partial charge in [0.2, 0.25) is 10.0 Å². The topological polar surface area (TPSA) is 96.4 Å². The summed E-state index contributed by atoms with van der Waals surface area (Å²) in [5, 5.41) is 8.59. The van der Waals surface area contributed by atoms with Crippen LogP contribution in [0.25, 0.3) is 0 Å². The van der Waals surface area contributed by atoms with Gasteiger partial charge in [-0.25, -0.2) is 13.2 Å². The summed E-state index contributed by atoms with van der Waals surface area (Å²) in [7, 11) is -3.40. The predicted molar refractivity (Wildman–Crippen MR) is 49.7 cm³/mol. The Morgan fingerprint density at radius 3 is 2.64 bits per heavy atom. The molecule has 6 nitrogen and oxygen atoms in total. The van der Waals surface area contributed by atoms with Crippen LogP contribution in [0.15, 0.2) is 18.5 Å². The van der Waals surface area contributed by atoms with Gasteiger partial charge in [0.05, 0.1) is 23.7 Å². The zero-order chi connectivity index (χ0) is 10.8. The largest absolute Gasteiger partial charge is 0.478 e. The van der Waals surface area contributed by atoms with E-state index in [1.807, 2.05) is 0 Å². The first kappa shape index (κ1) is 10.5. The Kier molecular flexibility index (Phi) is 2.70. The Bertz CT molecular complexity index is 455. The normalized spacial score (nSPS) is 10.9. The average molecular weight is 216 g/mol. The van der Waals surface area contributed by atoms with Crippen molar-refractivity contribution in [2.45, 2.75) is 0 Å². The Balaban J connectivity index is 3.01. The number of anilines is 1. The van der Waals surface area contributed by atoms with Crippen LogP contribution in [0.5, 0.6) is 0 Å². The van der Waals surface area contributed by atoms with Crippen molar-refractivity contribution in [2.75, 3.05) is 11.0 Å². The molecule has 0 atom stereocenters. The van der Waals surface area contributed by atoms with Crippen molar-refractivity contribution < 1.29 is 18.3 Å². The molecule has 76 valence electrons. The second-order valence-corrected chi connectivity index (χ2v) is 4.39. The van der Waals surface area contributed by atoms with Crippen LogP contribution < -0.4 is 4.72 Å². The van der Waals surface area contributed by atoms with E-state index in [4.69, 9.17) is 5.11 Å². The van der Waals surface area contributed by atoms with Crippen LogP contribution in [0.2, 0.25) is 0 Å². The molecule has 0 radical (unpaired) electrons. The summed E-state index contributed by atoms with van der Waals surface area (Å²) < 4.78 is 23.7. The highest BCUT2D eigenvalue weighted by atomic mass is 32.2. The monoisotopic (exact) mass is 216 g/mol. The van der Waals surface area contributed by atoms with E-state index >= 15 is 0 Å². The highest BCUT2D eigenvalue weighted by Crippen LogP contribution is 2.09. The summed E-state index contributed by atoms with van der Waals surface area (Å²) in [5.41, 5.74) is 0.0612. The van der Waals surface area contributed by atoms with E-state index in [2.05, 4.69) is 9.71 Å². The lowest BCUT2D eigenvalue weighted by atomic mass is 10.3. The summed E-state index contributed by atoms with van der Waals surface area (Å²) in [6.07, 6.45) is 3.34. The van der Waals surface area contributed by atoms with Crippen LogP contribution in [0, 0.1) is 0 Å². The second kappa shape index (κ2) is 3.62. The number of carboxylic acids is 1. The molecule has 0 saturated carbocycles. The smallest absolute Gasteiger partial charge is 0.337 e. The molecule has 7 heteroatoms. The van der Waals surface area contributed by atoms with E-state index in [9.17, 15) is 13.2 Å². The molecule has 0 fully saturated rings. The Morgan fingerprint density at radius 1 is 1.50 bits per heavy atom. The number of nitrogens with one attached hydrogen (secondary N) is 1. The fraction of sp³-hybridized carbons (Fsp3) is 0.143. The van der Waals surface area contributed by atoms with Crippen LogP contribution in [0.4, 0.5) is 5.69 Å². The van der Waals surface area contributed by atoms with Gasteiger partial charge in [-0.3, -0.25) is 9.71 Å². The molecule has 0 aliphatic rings. The maximum atomic E-state index is 10.8. The number of pyridine rings is 1. The molecule has 1 heterocycles. The third-order valence-corrected chi connectivity index (χ3v) is 1.89. The van der Waals surface area contributed by atoms with Gasteiger partial charge in [0, 0.05) is 6.20 Å². The number of rotatable bonds is 3. The summed E-state index contributed by atoms with van der Waals surface area (Å²) in [6, 6.07) is 1.19. The predicted octanol–water partition coefficient (Wildman–Crippen LogP) is 0.151. The van der Waals surface area contributed by atoms with Gasteiger partial charge in [-0.15, -0.1) is 0 Å². The molecule has 0 aliphatic carbocycles. The highest BCUT2D eigenvalue weighted by molar-refractivity contribution is 7.92. The zero-order valence-corrected chi connectivity index (χ0v) is 8.08. The van der Waals surface area contributed by atoms with Crippen molar-refractivity contribution in [1.82, 2.24) is 4.98 Å². The molecule has 0 aliphatic heterocycles. The molecule has 0 amide bonds. The lowest BCUT2D eigenvalue weighted by molar-refractivity contribution is 0.0696. The van der Waals surface area contributed by atoms with E-state index in [-0.39, 0.29) is 11.3 Å². The maximum absolute atomic E-state index is 10.8. The van der Waals surface area contributed by atoms with Crippen LogP contribution in [-0.4, -0.2) is 30.7 Å². The number of aromatic nitrogens is 1. The maximum Gasteiger partial charge on any atom is 0.337 e. The van der Waals surface area contributed by atoms with E-state index in [1.54, 1.807) is 0 Å². The van der Waals surface area contributed by atoms with E-state index < -0.39 is 16.0 Å². The molecular weight excluding hydrogens is 208 g/mol. The number of aromatic carboxylic acids is 1. The highest BCUT2D eigenvalue weighted by Gasteiger charge is 2.06. The third kappa shape index (κ3) is 3.02. The van der Waals surface area contributed by atoms with Crippen molar-refractivity contribution in [2.24, 2.45) is 0 Å². The molecule has 0 aromatic carbocycles. The molecule has 14 heavy (non-hydrogen) atoms. The lowest BCUT2D eigenvalue weighted by Crippen LogP contribution is -2.10. The number of hydrogen-bond donors (Lipinski definition) is 2. The van der Waals surface area contributed by atoms with Crippen molar-refractivity contribution in [3.63, 3.8) is 0 Å². The van der Waals surface area contributed by atoms with Crippen molar-refractivity contribution in [3.05, 3.63) is 24.0 Å². The summed E-state index contributed by atoms with van der Waals surface area (Å²) in [5.74, 6) is -1.16.